The molecule has 5 nitrogen and oxygen atoms in total. The topological polar surface area (TPSA) is 60.6 Å². The molecule has 0 amide bonds. The van der Waals surface area contributed by atoms with E-state index in [2.05, 4.69) is 9.88 Å². The predicted octanol–water partition coefficient (Wildman–Crippen LogP) is 1.21. The molecule has 0 aliphatic carbocycles. The van der Waals surface area contributed by atoms with Gasteiger partial charge in [-0.1, -0.05) is 0 Å². The number of rotatable bonds is 7. The van der Waals surface area contributed by atoms with E-state index in [0.29, 0.717) is 24.3 Å². The maximum atomic E-state index is 5.63. The molecule has 0 saturated carbocycles. The van der Waals surface area contributed by atoms with Crippen LogP contribution in [0.4, 0.5) is 5.13 Å². The van der Waals surface area contributed by atoms with Crippen molar-refractivity contribution in [2.45, 2.75) is 13.0 Å². The van der Waals surface area contributed by atoms with E-state index in [0.717, 1.165) is 26.2 Å². The number of methoxy groups -OCH3 is 1. The van der Waals surface area contributed by atoms with Crippen molar-refractivity contribution in [3.63, 3.8) is 0 Å². The van der Waals surface area contributed by atoms with Gasteiger partial charge in [-0.2, -0.15) is 0 Å². The number of nitrogen functional groups attached to an aromatic ring is 1. The van der Waals surface area contributed by atoms with Crippen molar-refractivity contribution < 1.29 is 9.47 Å². The number of ether oxygens (including phenoxy) is 2. The molecule has 1 unspecified atom stereocenters. The van der Waals surface area contributed by atoms with Crippen molar-refractivity contribution in [3.8, 4) is 0 Å². The molecule has 0 spiro atoms. The van der Waals surface area contributed by atoms with Crippen LogP contribution < -0.4 is 5.73 Å². The van der Waals surface area contributed by atoms with Gasteiger partial charge in [0, 0.05) is 31.3 Å². The normalized spacial score (nSPS) is 20.6. The third-order valence-electron chi connectivity index (χ3n) is 3.11. The van der Waals surface area contributed by atoms with Crippen LogP contribution in [0.5, 0.6) is 0 Å². The van der Waals surface area contributed by atoms with E-state index in [1.165, 1.54) is 11.3 Å². The molecule has 18 heavy (non-hydrogen) atoms. The van der Waals surface area contributed by atoms with Gasteiger partial charge in [0.15, 0.2) is 5.13 Å². The highest BCUT2D eigenvalue weighted by atomic mass is 32.1. The number of nitrogens with two attached hydrogens (primary N) is 1. The Hall–Kier alpha value is -0.690. The fourth-order valence-electron chi connectivity index (χ4n) is 2.20. The molecule has 1 saturated heterocycles. The number of hydrogen-bond acceptors (Lipinski definition) is 6. The Kier molecular flexibility index (Phi) is 5.37. The molecule has 1 aliphatic heterocycles. The summed E-state index contributed by atoms with van der Waals surface area (Å²) >= 11 is 1.58. The maximum Gasteiger partial charge on any atom is 0.180 e. The zero-order valence-electron chi connectivity index (χ0n) is 10.8. The first kappa shape index (κ1) is 13.7. The SMILES string of the molecule is COCCOCC1CCN(Cc2cnc(N)s2)C1. The molecule has 0 aromatic carbocycles. The van der Waals surface area contributed by atoms with Gasteiger partial charge >= 0.3 is 0 Å². The largest absolute Gasteiger partial charge is 0.382 e. The van der Waals surface area contributed by atoms with Crippen LogP contribution in [0.15, 0.2) is 6.20 Å². The number of likely N-dealkylation sites (tertiary alicyclic amines) is 1. The molecule has 1 aromatic rings. The first-order valence-electron chi connectivity index (χ1n) is 6.27. The lowest BCUT2D eigenvalue weighted by atomic mass is 10.1. The lowest BCUT2D eigenvalue weighted by molar-refractivity contribution is 0.0526. The van der Waals surface area contributed by atoms with Crippen molar-refractivity contribution in [1.82, 2.24) is 9.88 Å². The lowest BCUT2D eigenvalue weighted by Crippen LogP contribution is -2.21. The Labute approximate surface area is 112 Å². The van der Waals surface area contributed by atoms with Crippen LogP contribution in [-0.2, 0) is 16.0 Å². The van der Waals surface area contributed by atoms with Crippen LogP contribution in [0.1, 0.15) is 11.3 Å². The van der Waals surface area contributed by atoms with Gasteiger partial charge in [-0.15, -0.1) is 11.3 Å². The van der Waals surface area contributed by atoms with Gasteiger partial charge in [0.2, 0.25) is 0 Å². The van der Waals surface area contributed by atoms with E-state index in [-0.39, 0.29) is 0 Å². The third kappa shape index (κ3) is 4.20. The second-order valence-corrected chi connectivity index (χ2v) is 5.77. The average molecular weight is 271 g/mol. The van der Waals surface area contributed by atoms with Gasteiger partial charge in [0.25, 0.3) is 0 Å². The summed E-state index contributed by atoms with van der Waals surface area (Å²) in [5, 5.41) is 0.656. The lowest BCUT2D eigenvalue weighted by Gasteiger charge is -2.14. The summed E-state index contributed by atoms with van der Waals surface area (Å²) in [5.41, 5.74) is 5.63. The van der Waals surface area contributed by atoms with Gasteiger partial charge in [0.1, 0.15) is 0 Å². The zero-order valence-corrected chi connectivity index (χ0v) is 11.6. The first-order chi connectivity index (χ1) is 8.78. The summed E-state index contributed by atoms with van der Waals surface area (Å²) in [5.74, 6) is 0.645. The fourth-order valence-corrected chi connectivity index (χ4v) is 2.93. The van der Waals surface area contributed by atoms with E-state index in [4.69, 9.17) is 15.2 Å². The van der Waals surface area contributed by atoms with Crippen LogP contribution in [0.25, 0.3) is 0 Å². The summed E-state index contributed by atoms with van der Waals surface area (Å²) in [6.45, 7) is 5.41. The second-order valence-electron chi connectivity index (χ2n) is 4.62. The van der Waals surface area contributed by atoms with E-state index < -0.39 is 0 Å². The van der Waals surface area contributed by atoms with Crippen LogP contribution in [-0.4, -0.2) is 49.9 Å². The zero-order chi connectivity index (χ0) is 12.8. The molecule has 2 rings (SSSR count). The highest BCUT2D eigenvalue weighted by molar-refractivity contribution is 7.15. The van der Waals surface area contributed by atoms with Crippen molar-refractivity contribution in [2.24, 2.45) is 5.92 Å². The van der Waals surface area contributed by atoms with Crippen LogP contribution in [0, 0.1) is 5.92 Å². The predicted molar refractivity (Wildman–Crippen MR) is 72.6 cm³/mol. The minimum absolute atomic E-state index is 0.645. The molecule has 1 aromatic heterocycles. The maximum absolute atomic E-state index is 5.63. The number of hydrogen-bond donors (Lipinski definition) is 1. The molecule has 0 radical (unpaired) electrons. The van der Waals surface area contributed by atoms with Crippen molar-refractivity contribution in [3.05, 3.63) is 11.1 Å². The van der Waals surface area contributed by atoms with Crippen molar-refractivity contribution >= 4 is 16.5 Å². The van der Waals surface area contributed by atoms with Crippen LogP contribution >= 0.6 is 11.3 Å². The third-order valence-corrected chi connectivity index (χ3v) is 3.92. The Morgan fingerprint density at radius 3 is 3.17 bits per heavy atom. The Morgan fingerprint density at radius 2 is 2.44 bits per heavy atom. The van der Waals surface area contributed by atoms with Crippen LogP contribution in [0.2, 0.25) is 0 Å². The smallest absolute Gasteiger partial charge is 0.180 e. The van der Waals surface area contributed by atoms with E-state index in [1.807, 2.05) is 6.20 Å². The molecular formula is C12H21N3O2S. The molecule has 1 fully saturated rings. The summed E-state index contributed by atoms with van der Waals surface area (Å²) in [6, 6.07) is 0. The number of nitrogens with zero attached hydrogens (tertiary/aromatic N) is 2. The number of aromatic nitrogens is 1. The molecule has 6 heteroatoms. The van der Waals surface area contributed by atoms with E-state index in [9.17, 15) is 0 Å². The summed E-state index contributed by atoms with van der Waals surface area (Å²) in [6.07, 6.45) is 3.09. The van der Waals surface area contributed by atoms with Crippen molar-refractivity contribution in [1.29, 1.82) is 0 Å². The Morgan fingerprint density at radius 1 is 1.56 bits per heavy atom. The summed E-state index contributed by atoms with van der Waals surface area (Å²) < 4.78 is 10.5. The molecule has 2 N–H and O–H groups in total. The van der Waals surface area contributed by atoms with Gasteiger partial charge < -0.3 is 15.2 Å². The fraction of sp³-hybridized carbons (Fsp3) is 0.750. The highest BCUT2D eigenvalue weighted by Crippen LogP contribution is 2.22. The Balaban J connectivity index is 1.65. The van der Waals surface area contributed by atoms with Gasteiger partial charge in [-0.3, -0.25) is 4.90 Å². The summed E-state index contributed by atoms with van der Waals surface area (Å²) in [7, 11) is 1.70. The molecule has 0 bridgehead atoms. The monoisotopic (exact) mass is 271 g/mol. The Bertz CT molecular complexity index is 359. The van der Waals surface area contributed by atoms with Gasteiger partial charge in [-0.05, 0) is 18.9 Å². The number of anilines is 1. The average Bonchev–Trinajstić information content (AvgIpc) is 2.95. The second kappa shape index (κ2) is 7.04. The van der Waals surface area contributed by atoms with E-state index in [1.54, 1.807) is 18.4 Å². The first-order valence-corrected chi connectivity index (χ1v) is 7.09. The van der Waals surface area contributed by atoms with Crippen molar-refractivity contribution in [2.75, 3.05) is 45.8 Å². The molecule has 1 atom stereocenters. The molecule has 2 heterocycles. The summed E-state index contributed by atoms with van der Waals surface area (Å²) in [4.78, 5) is 7.76. The number of thiazole rings is 1. The highest BCUT2D eigenvalue weighted by Gasteiger charge is 2.22. The van der Waals surface area contributed by atoms with Gasteiger partial charge in [-0.25, -0.2) is 4.98 Å². The van der Waals surface area contributed by atoms with Crippen LogP contribution in [0.3, 0.4) is 0 Å². The molecule has 1 aliphatic rings. The minimum Gasteiger partial charge on any atom is -0.382 e. The van der Waals surface area contributed by atoms with Gasteiger partial charge in [0.05, 0.1) is 19.8 Å². The molecular weight excluding hydrogens is 250 g/mol. The standard InChI is InChI=1S/C12H21N3O2S/c1-16-4-5-17-9-10-2-3-15(7-10)8-11-6-14-12(13)18-11/h6,10H,2-5,7-9H2,1H3,(H2,13,14). The molecule has 102 valence electrons. The minimum atomic E-state index is 0.645. The quantitative estimate of drug-likeness (QED) is 0.755. The van der Waals surface area contributed by atoms with E-state index >= 15 is 0 Å².